The number of rotatable bonds is 5. The monoisotopic (exact) mass is 374 g/mol. The Labute approximate surface area is 156 Å². The molecule has 8 heteroatoms. The van der Waals surface area contributed by atoms with Gasteiger partial charge in [0.05, 0.1) is 6.54 Å². The zero-order valence-electron chi connectivity index (χ0n) is 14.1. The van der Waals surface area contributed by atoms with Gasteiger partial charge in [0.1, 0.15) is 5.82 Å². The first-order valence-corrected chi connectivity index (χ1v) is 8.63. The van der Waals surface area contributed by atoms with Gasteiger partial charge in [-0.15, -0.1) is 0 Å². The Morgan fingerprint density at radius 3 is 2.42 bits per heavy atom. The predicted octanol–water partition coefficient (Wildman–Crippen LogP) is 2.19. The van der Waals surface area contributed by atoms with Crippen LogP contribution in [0.15, 0.2) is 42.5 Å². The molecule has 1 saturated heterocycles. The minimum atomic E-state index is -1.10. The number of carbonyl (C=O) groups excluding carboxylic acids is 1. The lowest BCUT2D eigenvalue weighted by molar-refractivity contribution is -0.129. The second-order valence-corrected chi connectivity index (χ2v) is 6.35. The summed E-state index contributed by atoms with van der Waals surface area (Å²) in [6.45, 7) is 2.84. The molecular formula is C18H19ClN4O3. The van der Waals surface area contributed by atoms with Gasteiger partial charge in [0.2, 0.25) is 5.91 Å². The van der Waals surface area contributed by atoms with Crippen LogP contribution >= 0.6 is 11.6 Å². The van der Waals surface area contributed by atoms with E-state index in [0.29, 0.717) is 23.9 Å². The number of anilines is 2. The highest BCUT2D eigenvalue weighted by Crippen LogP contribution is 2.19. The third-order valence-electron chi connectivity index (χ3n) is 4.21. The molecule has 0 spiro atoms. The van der Waals surface area contributed by atoms with Crippen molar-refractivity contribution in [3.63, 3.8) is 0 Å². The van der Waals surface area contributed by atoms with Gasteiger partial charge >= 0.3 is 5.97 Å². The summed E-state index contributed by atoms with van der Waals surface area (Å²) in [7, 11) is 0. The molecule has 1 aliphatic rings. The number of carbonyl (C=O) groups is 2. The van der Waals surface area contributed by atoms with Crippen molar-refractivity contribution in [1.29, 1.82) is 0 Å². The Bertz CT molecular complexity index is 789. The molecule has 7 nitrogen and oxygen atoms in total. The maximum Gasteiger partial charge on any atom is 0.354 e. The van der Waals surface area contributed by atoms with E-state index in [1.54, 1.807) is 17.0 Å². The van der Waals surface area contributed by atoms with Crippen molar-refractivity contribution in [2.24, 2.45) is 0 Å². The van der Waals surface area contributed by atoms with Gasteiger partial charge in [-0.1, -0.05) is 17.7 Å². The van der Waals surface area contributed by atoms with Crippen LogP contribution in [0.1, 0.15) is 10.5 Å². The molecule has 2 aromatic rings. The minimum absolute atomic E-state index is 0.0386. The number of benzene rings is 1. The maximum absolute atomic E-state index is 12.4. The zero-order valence-corrected chi connectivity index (χ0v) is 14.8. The van der Waals surface area contributed by atoms with Gasteiger partial charge in [-0.25, -0.2) is 9.78 Å². The lowest BCUT2D eigenvalue weighted by Crippen LogP contribution is -2.50. The summed E-state index contributed by atoms with van der Waals surface area (Å²) in [5.41, 5.74) is 1.04. The minimum Gasteiger partial charge on any atom is -0.477 e. The van der Waals surface area contributed by atoms with Crippen LogP contribution in [0, 0.1) is 0 Å². The van der Waals surface area contributed by atoms with Crippen molar-refractivity contribution in [2.75, 3.05) is 42.9 Å². The summed E-state index contributed by atoms with van der Waals surface area (Å²) >= 11 is 5.91. The molecule has 1 aliphatic heterocycles. The van der Waals surface area contributed by atoms with Crippen LogP contribution in [0.5, 0.6) is 0 Å². The number of carboxylic acid groups (broad SMARTS) is 1. The molecule has 0 aliphatic carbocycles. The van der Waals surface area contributed by atoms with Gasteiger partial charge in [-0.3, -0.25) is 4.79 Å². The normalized spacial score (nSPS) is 14.2. The average Bonchev–Trinajstić information content (AvgIpc) is 2.67. The first-order chi connectivity index (χ1) is 12.5. The molecule has 0 unspecified atom stereocenters. The van der Waals surface area contributed by atoms with Crippen LogP contribution in [-0.4, -0.2) is 59.6 Å². The van der Waals surface area contributed by atoms with Gasteiger partial charge in [0.15, 0.2) is 5.69 Å². The van der Waals surface area contributed by atoms with Gasteiger partial charge in [0, 0.05) is 36.9 Å². The number of aromatic nitrogens is 1. The Morgan fingerprint density at radius 2 is 1.77 bits per heavy atom. The molecule has 1 aromatic carbocycles. The highest BCUT2D eigenvalue weighted by atomic mass is 35.5. The fourth-order valence-corrected chi connectivity index (χ4v) is 2.92. The standard InChI is InChI=1S/C18H19ClN4O3/c19-13-4-6-14(7-5-13)22-8-10-23(11-9-22)17(24)12-20-16-3-1-2-15(21-16)18(25)26/h1-7H,8-12H2,(H,20,21)(H,25,26). The van der Waals surface area contributed by atoms with E-state index in [1.165, 1.54) is 6.07 Å². The van der Waals surface area contributed by atoms with Gasteiger partial charge in [-0.05, 0) is 36.4 Å². The van der Waals surface area contributed by atoms with Crippen molar-refractivity contribution in [2.45, 2.75) is 0 Å². The van der Waals surface area contributed by atoms with E-state index in [2.05, 4.69) is 15.2 Å². The molecule has 26 heavy (non-hydrogen) atoms. The van der Waals surface area contributed by atoms with Crippen molar-refractivity contribution in [3.05, 3.63) is 53.2 Å². The largest absolute Gasteiger partial charge is 0.477 e. The summed E-state index contributed by atoms with van der Waals surface area (Å²) in [5, 5.41) is 12.5. The first kappa shape index (κ1) is 18.0. The van der Waals surface area contributed by atoms with E-state index in [0.717, 1.165) is 18.8 Å². The number of nitrogens with zero attached hydrogens (tertiary/aromatic N) is 3. The number of carboxylic acids is 1. The maximum atomic E-state index is 12.4. The van der Waals surface area contributed by atoms with Crippen molar-refractivity contribution in [1.82, 2.24) is 9.88 Å². The molecule has 2 heterocycles. The molecule has 1 fully saturated rings. The van der Waals surface area contributed by atoms with Crippen molar-refractivity contribution >= 4 is 35.0 Å². The van der Waals surface area contributed by atoms with Crippen LogP contribution in [-0.2, 0) is 4.79 Å². The fourth-order valence-electron chi connectivity index (χ4n) is 2.80. The Hall–Kier alpha value is -2.80. The van der Waals surface area contributed by atoms with Crippen LogP contribution in [0.3, 0.4) is 0 Å². The molecule has 1 aromatic heterocycles. The average molecular weight is 375 g/mol. The summed E-state index contributed by atoms with van der Waals surface area (Å²) in [6.07, 6.45) is 0. The van der Waals surface area contributed by atoms with Gasteiger partial charge in [-0.2, -0.15) is 0 Å². The van der Waals surface area contributed by atoms with E-state index in [9.17, 15) is 9.59 Å². The summed E-state index contributed by atoms with van der Waals surface area (Å²) in [4.78, 5) is 31.2. The number of piperazine rings is 1. The second-order valence-electron chi connectivity index (χ2n) is 5.91. The highest BCUT2D eigenvalue weighted by molar-refractivity contribution is 6.30. The van der Waals surface area contributed by atoms with Crippen molar-refractivity contribution < 1.29 is 14.7 Å². The van der Waals surface area contributed by atoms with Crippen LogP contribution < -0.4 is 10.2 Å². The first-order valence-electron chi connectivity index (χ1n) is 8.25. The third-order valence-corrected chi connectivity index (χ3v) is 4.47. The predicted molar refractivity (Wildman–Crippen MR) is 99.9 cm³/mol. The quantitative estimate of drug-likeness (QED) is 0.834. The zero-order chi connectivity index (χ0) is 18.5. The molecular weight excluding hydrogens is 356 g/mol. The van der Waals surface area contributed by atoms with Gasteiger partial charge < -0.3 is 20.2 Å². The lowest BCUT2D eigenvalue weighted by atomic mass is 10.2. The number of aromatic carboxylic acids is 1. The SMILES string of the molecule is O=C(O)c1cccc(NCC(=O)N2CCN(c3ccc(Cl)cc3)CC2)n1. The Morgan fingerprint density at radius 1 is 1.08 bits per heavy atom. The van der Waals surface area contributed by atoms with E-state index in [1.807, 2.05) is 24.3 Å². The third kappa shape index (κ3) is 4.43. The van der Waals surface area contributed by atoms with E-state index in [-0.39, 0.29) is 18.1 Å². The number of halogens is 1. The fraction of sp³-hybridized carbons (Fsp3) is 0.278. The van der Waals surface area contributed by atoms with Crippen LogP contribution in [0.2, 0.25) is 5.02 Å². The molecule has 0 radical (unpaired) electrons. The molecule has 3 rings (SSSR count). The second kappa shape index (κ2) is 8.05. The smallest absolute Gasteiger partial charge is 0.354 e. The molecule has 136 valence electrons. The Kier molecular flexibility index (Phi) is 5.58. The van der Waals surface area contributed by atoms with E-state index in [4.69, 9.17) is 16.7 Å². The van der Waals surface area contributed by atoms with E-state index >= 15 is 0 Å². The molecule has 0 atom stereocenters. The van der Waals surface area contributed by atoms with Crippen LogP contribution in [0.4, 0.5) is 11.5 Å². The molecule has 1 amide bonds. The molecule has 2 N–H and O–H groups in total. The van der Waals surface area contributed by atoms with E-state index < -0.39 is 5.97 Å². The number of amides is 1. The highest BCUT2D eigenvalue weighted by Gasteiger charge is 2.21. The van der Waals surface area contributed by atoms with Gasteiger partial charge in [0.25, 0.3) is 0 Å². The topological polar surface area (TPSA) is 85.8 Å². The summed E-state index contributed by atoms with van der Waals surface area (Å²) < 4.78 is 0. The molecule has 0 saturated carbocycles. The Balaban J connectivity index is 1.50. The number of pyridine rings is 1. The van der Waals surface area contributed by atoms with Crippen LogP contribution in [0.25, 0.3) is 0 Å². The van der Waals surface area contributed by atoms with Crippen molar-refractivity contribution in [3.8, 4) is 0 Å². The summed E-state index contributed by atoms with van der Waals surface area (Å²) in [5.74, 6) is -0.764. The number of hydrogen-bond donors (Lipinski definition) is 2. The number of hydrogen-bond acceptors (Lipinski definition) is 5. The summed E-state index contributed by atoms with van der Waals surface area (Å²) in [6, 6.07) is 12.3. The lowest BCUT2D eigenvalue weighted by Gasteiger charge is -2.36. The number of nitrogens with one attached hydrogen (secondary N) is 1. The molecule has 0 bridgehead atoms.